The number of allylic oxidation sites excluding steroid dienone is 3. The predicted octanol–water partition coefficient (Wildman–Crippen LogP) is 4.32. The quantitative estimate of drug-likeness (QED) is 0.459. The van der Waals surface area contributed by atoms with Crippen LogP contribution in [0.4, 0.5) is 0 Å². The Morgan fingerprint density at radius 2 is 1.79 bits per heavy atom. The molecule has 112 valence electrons. The van der Waals surface area contributed by atoms with Crippen molar-refractivity contribution < 1.29 is 15.0 Å². The number of carboxylic acid groups (broad SMARTS) is 1. The lowest BCUT2D eigenvalue weighted by Crippen LogP contribution is -2.04. The third-order valence-corrected chi connectivity index (χ3v) is 2.55. The van der Waals surface area contributed by atoms with Crippen molar-refractivity contribution in [1.29, 1.82) is 0 Å². The number of unbranched alkanes of at least 4 members (excludes halogenated alkanes) is 4. The highest BCUT2D eigenvalue weighted by atomic mass is 16.4. The van der Waals surface area contributed by atoms with E-state index in [2.05, 4.69) is 19.6 Å². The molecule has 0 rings (SSSR count). The molecule has 0 aliphatic heterocycles. The fourth-order valence-corrected chi connectivity index (χ4v) is 1.67. The summed E-state index contributed by atoms with van der Waals surface area (Å²) >= 11 is 0. The van der Waals surface area contributed by atoms with Gasteiger partial charge in [-0.25, -0.2) is 0 Å². The van der Waals surface area contributed by atoms with E-state index in [0.29, 0.717) is 0 Å². The fourth-order valence-electron chi connectivity index (χ4n) is 1.67. The lowest BCUT2D eigenvalue weighted by atomic mass is 10.1. The molecule has 0 amide bonds. The molecule has 0 bridgehead atoms. The molecular formula is C16H30O3. The molecule has 3 nitrogen and oxygen atoms in total. The summed E-state index contributed by atoms with van der Waals surface area (Å²) in [6.07, 6.45) is 15.1. The van der Waals surface area contributed by atoms with E-state index in [9.17, 15) is 5.11 Å². The van der Waals surface area contributed by atoms with Crippen LogP contribution in [-0.4, -0.2) is 22.3 Å². The van der Waals surface area contributed by atoms with Crippen LogP contribution in [0, 0.1) is 0 Å². The zero-order valence-electron chi connectivity index (χ0n) is 12.5. The minimum Gasteiger partial charge on any atom is -0.481 e. The Balaban J connectivity index is 0. The highest BCUT2D eigenvalue weighted by molar-refractivity contribution is 5.62. The van der Waals surface area contributed by atoms with Crippen LogP contribution in [0.3, 0.4) is 0 Å². The normalized spacial score (nSPS) is 11.7. The van der Waals surface area contributed by atoms with E-state index in [4.69, 9.17) is 9.90 Å². The van der Waals surface area contributed by atoms with Gasteiger partial charge in [0.05, 0.1) is 6.10 Å². The van der Waals surface area contributed by atoms with Gasteiger partial charge in [0.2, 0.25) is 0 Å². The second-order valence-corrected chi connectivity index (χ2v) is 4.62. The van der Waals surface area contributed by atoms with Crippen LogP contribution >= 0.6 is 0 Å². The molecule has 0 aromatic heterocycles. The average Bonchev–Trinajstić information content (AvgIpc) is 2.32. The second kappa shape index (κ2) is 16.9. The van der Waals surface area contributed by atoms with Gasteiger partial charge in [0.15, 0.2) is 0 Å². The number of hydrogen-bond donors (Lipinski definition) is 2. The Morgan fingerprint density at radius 1 is 1.21 bits per heavy atom. The number of carbonyl (C=O) groups is 1. The first-order chi connectivity index (χ1) is 9.04. The van der Waals surface area contributed by atoms with Crippen molar-refractivity contribution >= 4 is 5.97 Å². The maximum atomic E-state index is 9.50. The lowest BCUT2D eigenvalue weighted by molar-refractivity contribution is -0.134. The van der Waals surface area contributed by atoms with Crippen molar-refractivity contribution in [3.05, 3.63) is 24.8 Å². The monoisotopic (exact) mass is 270 g/mol. The summed E-state index contributed by atoms with van der Waals surface area (Å²) in [5.74, 6) is -0.833. The van der Waals surface area contributed by atoms with Gasteiger partial charge in [-0.3, -0.25) is 4.79 Å². The molecule has 0 saturated carbocycles. The molecule has 2 N–H and O–H groups in total. The predicted molar refractivity (Wildman–Crippen MR) is 81.3 cm³/mol. The smallest absolute Gasteiger partial charge is 0.300 e. The van der Waals surface area contributed by atoms with Crippen LogP contribution in [-0.2, 0) is 4.79 Å². The molecule has 1 atom stereocenters. The van der Waals surface area contributed by atoms with E-state index in [1.54, 1.807) is 0 Å². The summed E-state index contributed by atoms with van der Waals surface area (Å²) in [6.45, 7) is 6.83. The lowest BCUT2D eigenvalue weighted by Gasteiger charge is -2.07. The van der Waals surface area contributed by atoms with Gasteiger partial charge in [-0.1, -0.05) is 57.4 Å². The zero-order chi connectivity index (χ0) is 14.9. The van der Waals surface area contributed by atoms with Crippen molar-refractivity contribution in [2.24, 2.45) is 0 Å². The van der Waals surface area contributed by atoms with Gasteiger partial charge in [-0.2, -0.15) is 0 Å². The minimum atomic E-state index is -0.833. The average molecular weight is 270 g/mol. The number of aliphatic hydroxyl groups is 1. The van der Waals surface area contributed by atoms with Crippen molar-refractivity contribution in [2.45, 2.75) is 71.3 Å². The first kappa shape index (κ1) is 20.2. The summed E-state index contributed by atoms with van der Waals surface area (Å²) in [7, 11) is 0. The summed E-state index contributed by atoms with van der Waals surface area (Å²) in [5.41, 5.74) is 0. The van der Waals surface area contributed by atoms with E-state index < -0.39 is 5.97 Å². The topological polar surface area (TPSA) is 57.5 Å². The Morgan fingerprint density at radius 3 is 2.32 bits per heavy atom. The van der Waals surface area contributed by atoms with E-state index in [0.717, 1.165) is 32.6 Å². The van der Waals surface area contributed by atoms with E-state index >= 15 is 0 Å². The molecule has 0 spiro atoms. The largest absolute Gasteiger partial charge is 0.481 e. The summed E-state index contributed by atoms with van der Waals surface area (Å²) < 4.78 is 0. The van der Waals surface area contributed by atoms with Gasteiger partial charge in [-0.15, -0.1) is 0 Å². The van der Waals surface area contributed by atoms with Gasteiger partial charge in [-0.05, 0) is 25.7 Å². The third kappa shape index (κ3) is 26.5. The standard InChI is InChI=1S/C14H26O.C2H4O2/c1-3-5-6-7-8-9-10-11-13-14(15)12-4-2;1-2(3)4/h3,5-6,14-15H,1,4,7-13H2,2H3;1H3,(H,3,4)/b6-5+;. The van der Waals surface area contributed by atoms with Gasteiger partial charge >= 0.3 is 0 Å². The molecule has 3 heteroatoms. The first-order valence-electron chi connectivity index (χ1n) is 7.19. The Kier molecular flexibility index (Phi) is 18.0. The highest BCUT2D eigenvalue weighted by Crippen LogP contribution is 2.10. The third-order valence-electron chi connectivity index (χ3n) is 2.55. The zero-order valence-corrected chi connectivity index (χ0v) is 12.5. The molecule has 19 heavy (non-hydrogen) atoms. The molecule has 0 aromatic rings. The van der Waals surface area contributed by atoms with Crippen LogP contribution in [0.5, 0.6) is 0 Å². The van der Waals surface area contributed by atoms with Gasteiger partial charge in [0.1, 0.15) is 0 Å². The molecule has 0 aromatic carbocycles. The fraction of sp³-hybridized carbons (Fsp3) is 0.688. The van der Waals surface area contributed by atoms with Crippen LogP contribution in [0.25, 0.3) is 0 Å². The Labute approximate surface area is 118 Å². The Bertz CT molecular complexity index is 230. The SMILES string of the molecule is C=C/C=C/CCCCCCC(O)CCC.CC(=O)O. The molecule has 0 radical (unpaired) electrons. The molecule has 1 unspecified atom stereocenters. The number of aliphatic hydroxyl groups excluding tert-OH is 1. The van der Waals surface area contributed by atoms with Crippen LogP contribution in [0.2, 0.25) is 0 Å². The van der Waals surface area contributed by atoms with Crippen molar-refractivity contribution in [2.75, 3.05) is 0 Å². The van der Waals surface area contributed by atoms with E-state index in [-0.39, 0.29) is 6.10 Å². The molecular weight excluding hydrogens is 240 g/mol. The summed E-state index contributed by atoms with van der Waals surface area (Å²) in [5, 5.41) is 16.9. The number of hydrogen-bond acceptors (Lipinski definition) is 2. The summed E-state index contributed by atoms with van der Waals surface area (Å²) in [6, 6.07) is 0. The molecule has 0 aliphatic rings. The van der Waals surface area contributed by atoms with Crippen molar-refractivity contribution in [3.63, 3.8) is 0 Å². The molecule has 0 heterocycles. The van der Waals surface area contributed by atoms with Crippen LogP contribution in [0.15, 0.2) is 24.8 Å². The first-order valence-corrected chi connectivity index (χ1v) is 7.19. The van der Waals surface area contributed by atoms with Crippen molar-refractivity contribution in [1.82, 2.24) is 0 Å². The van der Waals surface area contributed by atoms with Gasteiger partial charge in [0.25, 0.3) is 5.97 Å². The minimum absolute atomic E-state index is 0.0596. The van der Waals surface area contributed by atoms with Crippen LogP contribution < -0.4 is 0 Å². The van der Waals surface area contributed by atoms with E-state index in [1.165, 1.54) is 25.7 Å². The highest BCUT2D eigenvalue weighted by Gasteiger charge is 2.00. The molecule has 0 fully saturated rings. The van der Waals surface area contributed by atoms with E-state index in [1.807, 2.05) is 12.2 Å². The second-order valence-electron chi connectivity index (χ2n) is 4.62. The number of rotatable bonds is 10. The number of aliphatic carboxylic acids is 1. The molecule has 0 saturated heterocycles. The summed E-state index contributed by atoms with van der Waals surface area (Å²) in [4.78, 5) is 9.00. The van der Waals surface area contributed by atoms with Gasteiger partial charge < -0.3 is 10.2 Å². The maximum absolute atomic E-state index is 9.50. The number of carboxylic acids is 1. The molecule has 0 aliphatic carbocycles. The van der Waals surface area contributed by atoms with Crippen LogP contribution in [0.1, 0.15) is 65.2 Å². The maximum Gasteiger partial charge on any atom is 0.300 e. The van der Waals surface area contributed by atoms with Crippen molar-refractivity contribution in [3.8, 4) is 0 Å². The van der Waals surface area contributed by atoms with Gasteiger partial charge in [0, 0.05) is 6.92 Å². The Hall–Kier alpha value is -1.09.